The van der Waals surface area contributed by atoms with Gasteiger partial charge in [-0.2, -0.15) is 5.26 Å². The van der Waals surface area contributed by atoms with Gasteiger partial charge in [-0.15, -0.1) is 0 Å². The molecule has 1 aromatic carbocycles. The average Bonchev–Trinajstić information content (AvgIpc) is 2.41. The first-order chi connectivity index (χ1) is 8.72. The van der Waals surface area contributed by atoms with Crippen LogP contribution in [-0.2, 0) is 6.54 Å². The van der Waals surface area contributed by atoms with Crippen LogP contribution >= 0.6 is 0 Å². The molecule has 0 N–H and O–H groups in total. The minimum Gasteiger partial charge on any atom is -0.494 e. The lowest BCUT2D eigenvalue weighted by Gasteiger charge is -2.29. The highest BCUT2D eigenvalue weighted by Gasteiger charge is 2.19. The van der Waals surface area contributed by atoms with Crippen molar-refractivity contribution >= 4 is 0 Å². The first-order valence-corrected chi connectivity index (χ1v) is 6.17. The second-order valence-corrected chi connectivity index (χ2v) is 4.67. The molecule has 1 fully saturated rings. The Kier molecular flexibility index (Phi) is 4.16. The number of likely N-dealkylation sites (tertiary alicyclic amines) is 1. The Morgan fingerprint density at radius 2 is 2.39 bits per heavy atom. The number of nitrogens with zero attached hydrogens (tertiary/aromatic N) is 2. The molecule has 1 heterocycles. The van der Waals surface area contributed by atoms with E-state index in [0.29, 0.717) is 0 Å². The summed E-state index contributed by atoms with van der Waals surface area (Å²) in [7, 11) is 1.47. The number of piperidine rings is 1. The number of hydrogen-bond acceptors (Lipinski definition) is 3. The zero-order chi connectivity index (χ0) is 13.0. The highest BCUT2D eigenvalue weighted by Crippen LogP contribution is 2.22. The molecule has 1 aromatic rings. The molecule has 3 nitrogen and oxygen atoms in total. The van der Waals surface area contributed by atoms with Crippen LogP contribution in [0.5, 0.6) is 5.75 Å². The monoisotopic (exact) mass is 248 g/mol. The normalized spacial score (nSPS) is 20.4. The second-order valence-electron chi connectivity index (χ2n) is 4.67. The first-order valence-electron chi connectivity index (χ1n) is 6.17. The molecule has 0 radical (unpaired) electrons. The minimum atomic E-state index is -0.338. The van der Waals surface area contributed by atoms with Crippen LogP contribution in [0.4, 0.5) is 4.39 Å². The number of methoxy groups -OCH3 is 1. The molecule has 0 unspecified atom stereocenters. The van der Waals surface area contributed by atoms with Gasteiger partial charge in [0.05, 0.1) is 19.1 Å². The molecule has 0 aliphatic carbocycles. The number of nitriles is 1. The Labute approximate surface area is 107 Å². The summed E-state index contributed by atoms with van der Waals surface area (Å²) in [6.45, 7) is 2.54. The van der Waals surface area contributed by atoms with E-state index in [1.165, 1.54) is 13.2 Å². The minimum absolute atomic E-state index is 0.126. The van der Waals surface area contributed by atoms with Crippen molar-refractivity contribution in [2.75, 3.05) is 20.2 Å². The molecule has 0 aromatic heterocycles. The van der Waals surface area contributed by atoms with Crippen LogP contribution in [0.1, 0.15) is 18.4 Å². The SMILES string of the molecule is COc1cc(CN2CCC[C@@H](C#N)C2)ccc1F. The maximum absolute atomic E-state index is 13.3. The van der Waals surface area contributed by atoms with Gasteiger partial charge in [0.2, 0.25) is 0 Å². The maximum Gasteiger partial charge on any atom is 0.165 e. The topological polar surface area (TPSA) is 36.3 Å². The highest BCUT2D eigenvalue weighted by molar-refractivity contribution is 5.30. The molecule has 0 saturated carbocycles. The van der Waals surface area contributed by atoms with E-state index in [1.54, 1.807) is 12.1 Å². The Bertz CT molecular complexity index is 456. The molecule has 96 valence electrons. The molecule has 2 rings (SSSR count). The molecule has 0 amide bonds. The summed E-state index contributed by atoms with van der Waals surface area (Å²) in [6, 6.07) is 7.25. The average molecular weight is 248 g/mol. The van der Waals surface area contributed by atoms with Crippen molar-refractivity contribution < 1.29 is 9.13 Å². The van der Waals surface area contributed by atoms with E-state index in [4.69, 9.17) is 10.00 Å². The van der Waals surface area contributed by atoms with Gasteiger partial charge in [-0.1, -0.05) is 6.07 Å². The quantitative estimate of drug-likeness (QED) is 0.824. The Morgan fingerprint density at radius 3 is 3.11 bits per heavy atom. The van der Waals surface area contributed by atoms with Crippen LogP contribution in [0.15, 0.2) is 18.2 Å². The van der Waals surface area contributed by atoms with Crippen molar-refractivity contribution in [3.05, 3.63) is 29.6 Å². The van der Waals surface area contributed by atoms with Gasteiger partial charge in [0, 0.05) is 13.1 Å². The van der Waals surface area contributed by atoms with Crippen LogP contribution in [0.25, 0.3) is 0 Å². The smallest absolute Gasteiger partial charge is 0.165 e. The summed E-state index contributed by atoms with van der Waals surface area (Å²) >= 11 is 0. The molecule has 1 aliphatic rings. The van der Waals surface area contributed by atoms with Crippen LogP contribution < -0.4 is 4.74 Å². The Morgan fingerprint density at radius 1 is 1.56 bits per heavy atom. The molecule has 1 aliphatic heterocycles. The summed E-state index contributed by atoms with van der Waals surface area (Å²) in [5.74, 6) is 0.0669. The van der Waals surface area contributed by atoms with Crippen LogP contribution in [-0.4, -0.2) is 25.1 Å². The molecule has 4 heteroatoms. The van der Waals surface area contributed by atoms with Crippen LogP contribution in [0.3, 0.4) is 0 Å². The molecular weight excluding hydrogens is 231 g/mol. The van der Waals surface area contributed by atoms with Crippen LogP contribution in [0.2, 0.25) is 0 Å². The van der Waals surface area contributed by atoms with Gasteiger partial charge in [0.1, 0.15) is 0 Å². The third-order valence-electron chi connectivity index (χ3n) is 3.31. The van der Waals surface area contributed by atoms with E-state index >= 15 is 0 Å². The van der Waals surface area contributed by atoms with Crippen LogP contribution in [0, 0.1) is 23.1 Å². The number of halogens is 1. The fourth-order valence-electron chi connectivity index (χ4n) is 2.37. The lowest BCUT2D eigenvalue weighted by atomic mass is 9.99. The predicted octanol–water partition coefficient (Wildman–Crippen LogP) is 2.57. The summed E-state index contributed by atoms with van der Waals surface area (Å²) in [5, 5.41) is 8.95. The Balaban J connectivity index is 2.03. The zero-order valence-electron chi connectivity index (χ0n) is 10.5. The van der Waals surface area contributed by atoms with Gasteiger partial charge in [-0.05, 0) is 37.1 Å². The Hall–Kier alpha value is -1.60. The van der Waals surface area contributed by atoms with E-state index in [0.717, 1.165) is 38.0 Å². The summed E-state index contributed by atoms with van der Waals surface area (Å²) < 4.78 is 18.3. The number of benzene rings is 1. The van der Waals surface area contributed by atoms with Gasteiger partial charge in [0.25, 0.3) is 0 Å². The van der Waals surface area contributed by atoms with Gasteiger partial charge >= 0.3 is 0 Å². The third-order valence-corrected chi connectivity index (χ3v) is 3.31. The molecule has 1 saturated heterocycles. The lowest BCUT2D eigenvalue weighted by molar-refractivity contribution is 0.192. The standard InChI is InChI=1S/C14H17FN2O/c1-18-14-7-11(4-5-13(14)15)9-17-6-2-3-12(8-16)10-17/h4-5,7,12H,2-3,6,9-10H2,1H3/t12-/m0/s1. The fraction of sp³-hybridized carbons (Fsp3) is 0.500. The number of rotatable bonds is 3. The van der Waals surface area contributed by atoms with Crippen molar-refractivity contribution in [3.63, 3.8) is 0 Å². The van der Waals surface area contributed by atoms with Crippen molar-refractivity contribution in [2.45, 2.75) is 19.4 Å². The fourth-order valence-corrected chi connectivity index (χ4v) is 2.37. The van der Waals surface area contributed by atoms with Crippen molar-refractivity contribution in [3.8, 4) is 11.8 Å². The van der Waals surface area contributed by atoms with Gasteiger partial charge in [-0.25, -0.2) is 4.39 Å². The second kappa shape index (κ2) is 5.83. The number of hydrogen-bond donors (Lipinski definition) is 0. The molecular formula is C14H17FN2O. The predicted molar refractivity (Wildman–Crippen MR) is 66.6 cm³/mol. The lowest BCUT2D eigenvalue weighted by Crippen LogP contribution is -2.34. The van der Waals surface area contributed by atoms with Crippen molar-refractivity contribution in [1.82, 2.24) is 4.90 Å². The van der Waals surface area contributed by atoms with Gasteiger partial charge in [0.15, 0.2) is 11.6 Å². The highest BCUT2D eigenvalue weighted by atomic mass is 19.1. The van der Waals surface area contributed by atoms with Crippen molar-refractivity contribution in [2.24, 2.45) is 5.92 Å². The zero-order valence-corrected chi connectivity index (χ0v) is 10.5. The van der Waals surface area contributed by atoms with E-state index in [-0.39, 0.29) is 17.5 Å². The van der Waals surface area contributed by atoms with Gasteiger partial charge < -0.3 is 4.74 Å². The van der Waals surface area contributed by atoms with Crippen molar-refractivity contribution in [1.29, 1.82) is 5.26 Å². The largest absolute Gasteiger partial charge is 0.494 e. The van der Waals surface area contributed by atoms with E-state index in [1.807, 2.05) is 0 Å². The van der Waals surface area contributed by atoms with E-state index < -0.39 is 0 Å². The first kappa shape index (κ1) is 12.8. The summed E-state index contributed by atoms with van der Waals surface area (Å²) in [6.07, 6.45) is 2.04. The molecule has 0 bridgehead atoms. The molecule has 0 spiro atoms. The summed E-state index contributed by atoms with van der Waals surface area (Å²) in [5.41, 5.74) is 1.02. The number of ether oxygens (including phenoxy) is 1. The third kappa shape index (κ3) is 2.99. The van der Waals surface area contributed by atoms with E-state index in [2.05, 4.69) is 11.0 Å². The molecule has 18 heavy (non-hydrogen) atoms. The van der Waals surface area contributed by atoms with Gasteiger partial charge in [-0.3, -0.25) is 4.90 Å². The maximum atomic E-state index is 13.3. The van der Waals surface area contributed by atoms with E-state index in [9.17, 15) is 4.39 Å². The summed E-state index contributed by atoms with van der Waals surface area (Å²) in [4.78, 5) is 2.24. The molecule has 1 atom stereocenters.